The van der Waals surface area contributed by atoms with Gasteiger partial charge in [0.1, 0.15) is 19.0 Å². The fourth-order valence-corrected chi connectivity index (χ4v) is 3.20. The minimum absolute atomic E-state index is 0.000974. The third-order valence-corrected chi connectivity index (χ3v) is 5.19. The molecule has 0 radical (unpaired) electrons. The van der Waals surface area contributed by atoms with Crippen LogP contribution in [-0.2, 0) is 27.3 Å². The van der Waals surface area contributed by atoms with Gasteiger partial charge < -0.3 is 24.1 Å². The lowest BCUT2D eigenvalue weighted by atomic mass is 9.98. The van der Waals surface area contributed by atoms with Crippen molar-refractivity contribution in [3.05, 3.63) is 77.4 Å². The van der Waals surface area contributed by atoms with Crippen LogP contribution in [0.4, 0.5) is 4.79 Å². The van der Waals surface area contributed by atoms with Crippen molar-refractivity contribution in [1.82, 2.24) is 15.5 Å². The Morgan fingerprint density at radius 1 is 1.06 bits per heavy atom. The molecule has 2 unspecified atom stereocenters. The molecule has 1 aromatic heterocycles. The van der Waals surface area contributed by atoms with Gasteiger partial charge in [0.15, 0.2) is 5.82 Å². The van der Waals surface area contributed by atoms with Crippen molar-refractivity contribution in [2.45, 2.75) is 32.9 Å². The van der Waals surface area contributed by atoms with Crippen molar-refractivity contribution in [2.24, 2.45) is 5.92 Å². The summed E-state index contributed by atoms with van der Waals surface area (Å²) in [4.78, 5) is 28.1. The molecule has 0 saturated heterocycles. The molecule has 184 valence electrons. The average Bonchev–Trinajstić information content (AvgIpc) is 3.32. The SMILES string of the molecule is COc1ccc(C=Cc2nc(CC(C)C(COC(C)=O)NC(=O)OCc3ccccc3)no2)cc1. The number of aromatic nitrogens is 2. The first-order chi connectivity index (χ1) is 16.9. The maximum absolute atomic E-state index is 12.4. The molecule has 0 aliphatic carbocycles. The van der Waals surface area contributed by atoms with Gasteiger partial charge in [-0.3, -0.25) is 4.79 Å². The molecule has 2 aromatic carbocycles. The Kier molecular flexibility index (Phi) is 9.41. The molecule has 2 atom stereocenters. The number of alkyl carbamates (subject to hydrolysis) is 1. The lowest BCUT2D eigenvalue weighted by Gasteiger charge is -2.23. The van der Waals surface area contributed by atoms with Crippen molar-refractivity contribution >= 4 is 24.2 Å². The van der Waals surface area contributed by atoms with Gasteiger partial charge in [0.2, 0.25) is 0 Å². The minimum atomic E-state index is -0.603. The number of benzene rings is 2. The fourth-order valence-electron chi connectivity index (χ4n) is 3.20. The number of esters is 1. The van der Waals surface area contributed by atoms with Crippen molar-refractivity contribution < 1.29 is 28.3 Å². The summed E-state index contributed by atoms with van der Waals surface area (Å²) < 4.78 is 20.9. The fraction of sp³-hybridized carbons (Fsp3) is 0.308. The zero-order valence-corrected chi connectivity index (χ0v) is 20.0. The van der Waals surface area contributed by atoms with Crippen LogP contribution in [0.1, 0.15) is 36.7 Å². The number of ether oxygens (including phenoxy) is 3. The molecule has 0 aliphatic heterocycles. The van der Waals surface area contributed by atoms with Gasteiger partial charge in [-0.1, -0.05) is 54.5 Å². The number of nitrogens with one attached hydrogen (secondary N) is 1. The van der Waals surface area contributed by atoms with Gasteiger partial charge in [-0.25, -0.2) is 4.79 Å². The smallest absolute Gasteiger partial charge is 0.407 e. The molecule has 0 saturated carbocycles. The van der Waals surface area contributed by atoms with E-state index in [4.69, 9.17) is 18.7 Å². The van der Waals surface area contributed by atoms with Crippen LogP contribution >= 0.6 is 0 Å². The Morgan fingerprint density at radius 2 is 1.80 bits per heavy atom. The van der Waals surface area contributed by atoms with E-state index in [9.17, 15) is 9.59 Å². The highest BCUT2D eigenvalue weighted by Crippen LogP contribution is 2.15. The van der Waals surface area contributed by atoms with E-state index in [0.29, 0.717) is 18.1 Å². The number of rotatable bonds is 11. The predicted molar refractivity (Wildman–Crippen MR) is 129 cm³/mol. The largest absolute Gasteiger partial charge is 0.497 e. The van der Waals surface area contributed by atoms with E-state index in [1.807, 2.05) is 67.6 Å². The van der Waals surface area contributed by atoms with Gasteiger partial charge in [-0.15, -0.1) is 0 Å². The van der Waals surface area contributed by atoms with Crippen LogP contribution < -0.4 is 10.1 Å². The summed E-state index contributed by atoms with van der Waals surface area (Å²) in [5.41, 5.74) is 1.83. The van der Waals surface area contributed by atoms with Crippen LogP contribution in [0.15, 0.2) is 59.1 Å². The van der Waals surface area contributed by atoms with Crippen molar-refractivity contribution in [1.29, 1.82) is 0 Å². The number of carbonyl (C=O) groups excluding carboxylic acids is 2. The monoisotopic (exact) mass is 479 g/mol. The Labute approximate surface area is 204 Å². The number of carbonyl (C=O) groups is 2. The first kappa shape index (κ1) is 25.5. The van der Waals surface area contributed by atoms with E-state index in [0.717, 1.165) is 16.9 Å². The molecule has 0 spiro atoms. The second kappa shape index (κ2) is 12.9. The van der Waals surface area contributed by atoms with Crippen molar-refractivity contribution in [3.8, 4) is 5.75 Å². The highest BCUT2D eigenvalue weighted by Gasteiger charge is 2.24. The zero-order valence-electron chi connectivity index (χ0n) is 20.0. The van der Waals surface area contributed by atoms with Crippen molar-refractivity contribution in [2.75, 3.05) is 13.7 Å². The van der Waals surface area contributed by atoms with Gasteiger partial charge in [0.25, 0.3) is 5.89 Å². The summed E-state index contributed by atoms with van der Waals surface area (Å²) in [5.74, 6) is 0.993. The second-order valence-corrected chi connectivity index (χ2v) is 7.95. The normalized spacial score (nSPS) is 12.7. The van der Waals surface area contributed by atoms with Crippen LogP contribution in [0.3, 0.4) is 0 Å². The van der Waals surface area contributed by atoms with Crippen LogP contribution in [-0.4, -0.2) is 42.0 Å². The van der Waals surface area contributed by atoms with E-state index in [1.165, 1.54) is 6.92 Å². The Balaban J connectivity index is 1.57. The molecular weight excluding hydrogens is 450 g/mol. The quantitative estimate of drug-likeness (QED) is 0.406. The first-order valence-electron chi connectivity index (χ1n) is 11.2. The van der Waals surface area contributed by atoms with Gasteiger partial charge in [-0.2, -0.15) is 4.98 Å². The second-order valence-electron chi connectivity index (χ2n) is 7.95. The number of nitrogens with zero attached hydrogens (tertiary/aromatic N) is 2. The molecule has 3 aromatic rings. The molecule has 0 aliphatic rings. The maximum atomic E-state index is 12.4. The van der Waals surface area contributed by atoms with Gasteiger partial charge in [0.05, 0.1) is 13.2 Å². The number of amides is 1. The molecule has 3 rings (SSSR count). The van der Waals surface area contributed by atoms with Crippen LogP contribution in [0.5, 0.6) is 5.75 Å². The topological polar surface area (TPSA) is 113 Å². The number of hydrogen-bond acceptors (Lipinski definition) is 8. The number of hydrogen-bond donors (Lipinski definition) is 1. The third-order valence-electron chi connectivity index (χ3n) is 5.19. The summed E-state index contributed by atoms with van der Waals surface area (Å²) in [5, 5.41) is 6.80. The molecule has 1 heterocycles. The van der Waals surface area contributed by atoms with E-state index < -0.39 is 18.1 Å². The third kappa shape index (κ3) is 8.62. The molecule has 0 bridgehead atoms. The maximum Gasteiger partial charge on any atom is 0.407 e. The molecule has 1 N–H and O–H groups in total. The molecular formula is C26H29N3O6. The van der Waals surface area contributed by atoms with Gasteiger partial charge >= 0.3 is 12.1 Å². The van der Waals surface area contributed by atoms with Crippen molar-refractivity contribution in [3.63, 3.8) is 0 Å². The van der Waals surface area contributed by atoms with Crippen LogP contribution in [0, 0.1) is 5.92 Å². The van der Waals surface area contributed by atoms with Crippen LogP contribution in [0.2, 0.25) is 0 Å². The Hall–Kier alpha value is -4.14. The molecule has 0 fully saturated rings. The first-order valence-corrected chi connectivity index (χ1v) is 11.2. The molecule has 1 amide bonds. The summed E-state index contributed by atoms with van der Waals surface area (Å²) in [6.07, 6.45) is 3.37. The van der Waals surface area contributed by atoms with E-state index in [-0.39, 0.29) is 19.1 Å². The van der Waals surface area contributed by atoms with Gasteiger partial charge in [-0.05, 0) is 35.3 Å². The predicted octanol–water partition coefficient (Wildman–Crippen LogP) is 4.29. The molecule has 9 nitrogen and oxygen atoms in total. The standard InChI is InChI=1S/C26H29N3O6/c1-18(15-24-28-25(35-29-24)14-11-20-9-12-22(32-3)13-10-20)23(17-33-19(2)30)27-26(31)34-16-21-7-5-4-6-8-21/h4-14,18,23H,15-17H2,1-3H3,(H,27,31). The van der Waals surface area contributed by atoms with Crippen LogP contribution in [0.25, 0.3) is 12.2 Å². The lowest BCUT2D eigenvalue weighted by Crippen LogP contribution is -2.44. The zero-order chi connectivity index (χ0) is 25.0. The number of methoxy groups -OCH3 is 1. The van der Waals surface area contributed by atoms with E-state index in [1.54, 1.807) is 13.2 Å². The highest BCUT2D eigenvalue weighted by atomic mass is 16.6. The lowest BCUT2D eigenvalue weighted by molar-refractivity contribution is -0.142. The highest BCUT2D eigenvalue weighted by molar-refractivity contribution is 5.68. The summed E-state index contributed by atoms with van der Waals surface area (Å²) in [6, 6.07) is 16.4. The minimum Gasteiger partial charge on any atom is -0.497 e. The average molecular weight is 480 g/mol. The Morgan fingerprint density at radius 3 is 2.49 bits per heavy atom. The van der Waals surface area contributed by atoms with E-state index >= 15 is 0 Å². The summed E-state index contributed by atoms with van der Waals surface area (Å²) in [7, 11) is 1.62. The van der Waals surface area contributed by atoms with E-state index in [2.05, 4.69) is 15.5 Å². The summed E-state index contributed by atoms with van der Waals surface area (Å²) >= 11 is 0. The summed E-state index contributed by atoms with van der Waals surface area (Å²) in [6.45, 7) is 3.35. The van der Waals surface area contributed by atoms with Gasteiger partial charge in [0, 0.05) is 19.4 Å². The molecule has 35 heavy (non-hydrogen) atoms. The Bertz CT molecular complexity index is 1110. The molecule has 9 heteroatoms.